The van der Waals surface area contributed by atoms with Crippen LogP contribution in [0, 0.1) is 0 Å². The Morgan fingerprint density at radius 3 is 0.867 bits per heavy atom. The van der Waals surface area contributed by atoms with E-state index in [2.05, 4.69) is 54.7 Å². The Kier molecular flexibility index (Phi) is 13.3. The molecule has 0 atom stereocenters. The van der Waals surface area contributed by atoms with E-state index in [1.165, 1.54) is 0 Å². The molecule has 0 saturated heterocycles. The maximum Gasteiger partial charge on any atom is 0.0605 e. The second-order valence-electron chi connectivity index (χ2n) is 5.14. The summed E-state index contributed by atoms with van der Waals surface area (Å²) < 4.78 is 5.62. The van der Waals surface area contributed by atoms with Gasteiger partial charge in [0.05, 0.1) is 11.2 Å². The first-order valence-corrected chi connectivity index (χ1v) is 5.38. The highest BCUT2D eigenvalue weighted by molar-refractivity contribution is 4.68. The normalized spacial score (nSPS) is 10.1. The summed E-state index contributed by atoms with van der Waals surface area (Å²) in [6.07, 6.45) is 3.50. The highest BCUT2D eigenvalue weighted by Crippen LogP contribution is 2.17. The molecule has 0 rings (SSSR count). The van der Waals surface area contributed by atoms with Crippen molar-refractivity contribution in [3.63, 3.8) is 0 Å². The van der Waals surface area contributed by atoms with E-state index in [1.54, 1.807) is 12.2 Å². The zero-order valence-corrected chi connectivity index (χ0v) is 12.0. The van der Waals surface area contributed by atoms with Gasteiger partial charge in [-0.25, -0.2) is 0 Å². The Hall–Kier alpha value is -0.560. The number of hydrogen-bond acceptors (Lipinski definition) is 1. The molecule has 0 aliphatic carbocycles. The zero-order chi connectivity index (χ0) is 13.1. The lowest BCUT2D eigenvalue weighted by Gasteiger charge is -2.30. The highest BCUT2D eigenvalue weighted by Gasteiger charge is 2.19. The molecule has 1 nitrogen and oxygen atoms in total. The molecular formula is C14H30O. The van der Waals surface area contributed by atoms with E-state index in [-0.39, 0.29) is 11.2 Å². The maximum atomic E-state index is 5.62. The third kappa shape index (κ3) is 59.4. The lowest BCUT2D eigenvalue weighted by atomic mass is 10.1. The van der Waals surface area contributed by atoms with E-state index in [0.717, 1.165) is 0 Å². The minimum Gasteiger partial charge on any atom is -0.370 e. The van der Waals surface area contributed by atoms with Crippen LogP contribution < -0.4 is 0 Å². The standard InChI is InChI=1S/C8H18O.2C3H6/c1-7(2,3)9-8(4,5)6;2*1-3-2/h1-6H3;2*3H,1H2,2H3. The summed E-state index contributed by atoms with van der Waals surface area (Å²) in [6.45, 7) is 22.9. The molecule has 0 radical (unpaired) electrons. The molecule has 0 aromatic carbocycles. The molecule has 0 heterocycles. The van der Waals surface area contributed by atoms with Crippen molar-refractivity contribution < 1.29 is 4.74 Å². The minimum absolute atomic E-state index is 0.0156. The number of ether oxygens (including phenoxy) is 1. The Labute approximate surface area is 97.2 Å². The van der Waals surface area contributed by atoms with Crippen molar-refractivity contribution in [2.45, 2.75) is 66.6 Å². The maximum absolute atomic E-state index is 5.62. The molecule has 0 aliphatic heterocycles. The van der Waals surface area contributed by atoms with Gasteiger partial charge in [0.2, 0.25) is 0 Å². The fourth-order valence-corrected chi connectivity index (χ4v) is 0.919. The van der Waals surface area contributed by atoms with Crippen LogP contribution in [0.4, 0.5) is 0 Å². The van der Waals surface area contributed by atoms with E-state index in [1.807, 2.05) is 13.8 Å². The van der Waals surface area contributed by atoms with Gasteiger partial charge in [0, 0.05) is 0 Å². The van der Waals surface area contributed by atoms with Crippen molar-refractivity contribution in [2.24, 2.45) is 0 Å². The first-order valence-electron chi connectivity index (χ1n) is 5.38. The molecule has 0 aliphatic rings. The summed E-state index contributed by atoms with van der Waals surface area (Å²) in [5, 5.41) is 0. The van der Waals surface area contributed by atoms with Gasteiger partial charge in [-0.05, 0) is 55.4 Å². The van der Waals surface area contributed by atoms with Crippen molar-refractivity contribution in [1.29, 1.82) is 0 Å². The fraction of sp³-hybridized carbons (Fsp3) is 0.714. The molecule has 0 saturated carbocycles. The van der Waals surface area contributed by atoms with Gasteiger partial charge >= 0.3 is 0 Å². The fourth-order valence-electron chi connectivity index (χ4n) is 0.919. The molecule has 0 bridgehead atoms. The lowest BCUT2D eigenvalue weighted by Crippen LogP contribution is -2.31. The van der Waals surface area contributed by atoms with Crippen LogP contribution in [0.25, 0.3) is 0 Å². The van der Waals surface area contributed by atoms with Gasteiger partial charge in [-0.3, -0.25) is 0 Å². The van der Waals surface area contributed by atoms with Crippen LogP contribution >= 0.6 is 0 Å². The van der Waals surface area contributed by atoms with Crippen molar-refractivity contribution >= 4 is 0 Å². The highest BCUT2D eigenvalue weighted by atomic mass is 16.5. The topological polar surface area (TPSA) is 9.23 Å². The monoisotopic (exact) mass is 214 g/mol. The summed E-state index contributed by atoms with van der Waals surface area (Å²) in [6, 6.07) is 0. The molecule has 92 valence electrons. The van der Waals surface area contributed by atoms with Crippen LogP contribution in [-0.4, -0.2) is 11.2 Å². The third-order valence-electron chi connectivity index (χ3n) is 0.612. The molecule has 15 heavy (non-hydrogen) atoms. The van der Waals surface area contributed by atoms with E-state index in [9.17, 15) is 0 Å². The SMILES string of the molecule is C=CC.C=CC.CC(C)(C)OC(C)(C)C. The predicted octanol–water partition coefficient (Wildman–Crippen LogP) is 4.98. The van der Waals surface area contributed by atoms with Gasteiger partial charge in [-0.15, -0.1) is 13.2 Å². The average molecular weight is 214 g/mol. The number of allylic oxidation sites excluding steroid dienone is 2. The third-order valence-corrected chi connectivity index (χ3v) is 0.612. The van der Waals surface area contributed by atoms with Gasteiger partial charge in [0.25, 0.3) is 0 Å². The van der Waals surface area contributed by atoms with E-state index in [4.69, 9.17) is 4.74 Å². The van der Waals surface area contributed by atoms with Crippen LogP contribution in [0.1, 0.15) is 55.4 Å². The van der Waals surface area contributed by atoms with E-state index >= 15 is 0 Å². The Morgan fingerprint density at radius 1 is 0.733 bits per heavy atom. The van der Waals surface area contributed by atoms with Gasteiger partial charge < -0.3 is 4.74 Å². The number of hydrogen-bond donors (Lipinski definition) is 0. The Bertz CT molecular complexity index is 126. The molecule has 0 amide bonds. The van der Waals surface area contributed by atoms with Crippen LogP contribution in [0.15, 0.2) is 25.3 Å². The lowest BCUT2D eigenvalue weighted by molar-refractivity contribution is -0.102. The second kappa shape index (κ2) is 9.97. The first-order chi connectivity index (χ1) is 6.54. The molecule has 0 N–H and O–H groups in total. The zero-order valence-electron chi connectivity index (χ0n) is 12.0. The molecule has 1 heteroatoms. The second-order valence-corrected chi connectivity index (χ2v) is 5.14. The summed E-state index contributed by atoms with van der Waals surface area (Å²) >= 11 is 0. The average Bonchev–Trinajstić information content (AvgIpc) is 1.80. The number of rotatable bonds is 0. The van der Waals surface area contributed by atoms with E-state index < -0.39 is 0 Å². The molecule has 0 aromatic rings. The van der Waals surface area contributed by atoms with Crippen LogP contribution in [-0.2, 0) is 4.74 Å². The smallest absolute Gasteiger partial charge is 0.0605 e. The van der Waals surface area contributed by atoms with Crippen LogP contribution in [0.5, 0.6) is 0 Å². The van der Waals surface area contributed by atoms with Crippen LogP contribution in [0.3, 0.4) is 0 Å². The first kappa shape index (κ1) is 19.9. The van der Waals surface area contributed by atoms with Gasteiger partial charge in [0.15, 0.2) is 0 Å². The summed E-state index contributed by atoms with van der Waals surface area (Å²) in [5.74, 6) is 0. The summed E-state index contributed by atoms with van der Waals surface area (Å²) in [4.78, 5) is 0. The van der Waals surface area contributed by atoms with Crippen LogP contribution in [0.2, 0.25) is 0 Å². The Morgan fingerprint density at radius 2 is 0.867 bits per heavy atom. The van der Waals surface area contributed by atoms with Crippen molar-refractivity contribution in [2.75, 3.05) is 0 Å². The van der Waals surface area contributed by atoms with Gasteiger partial charge in [-0.1, -0.05) is 12.2 Å². The van der Waals surface area contributed by atoms with Crippen molar-refractivity contribution in [1.82, 2.24) is 0 Å². The van der Waals surface area contributed by atoms with Gasteiger partial charge in [-0.2, -0.15) is 0 Å². The van der Waals surface area contributed by atoms with Crippen molar-refractivity contribution in [3.8, 4) is 0 Å². The minimum atomic E-state index is -0.0156. The molecule has 0 aromatic heterocycles. The van der Waals surface area contributed by atoms with E-state index in [0.29, 0.717) is 0 Å². The van der Waals surface area contributed by atoms with Gasteiger partial charge in [0.1, 0.15) is 0 Å². The summed E-state index contributed by atoms with van der Waals surface area (Å²) in [5.41, 5.74) is -0.0312. The molecule has 0 fully saturated rings. The summed E-state index contributed by atoms with van der Waals surface area (Å²) in [7, 11) is 0. The Balaban J connectivity index is -0.000000200. The molecule has 0 unspecified atom stereocenters. The van der Waals surface area contributed by atoms with Crippen molar-refractivity contribution in [3.05, 3.63) is 25.3 Å². The molecule has 0 spiro atoms. The quantitative estimate of drug-likeness (QED) is 0.516. The largest absolute Gasteiger partial charge is 0.370 e. The predicted molar refractivity (Wildman–Crippen MR) is 72.3 cm³/mol. The molecular weight excluding hydrogens is 184 g/mol.